The van der Waals surface area contributed by atoms with Gasteiger partial charge in [0.15, 0.2) is 23.3 Å². The number of aromatic nitrogens is 6. The molecule has 540 valence electrons. The van der Waals surface area contributed by atoms with Gasteiger partial charge >= 0.3 is 0 Å². The molecule has 10 aromatic carbocycles. The number of nitrogens with zero attached hydrogens (tertiary/aromatic N) is 6. The Hall–Kier alpha value is -12.3. The fourth-order valence-corrected chi connectivity index (χ4v) is 12.8. The van der Waals surface area contributed by atoms with Crippen molar-refractivity contribution in [1.82, 2.24) is 40.2 Å². The number of phenolic OH excluding ortho intramolecular Hbond substituents is 4. The van der Waals surface area contributed by atoms with Crippen LogP contribution in [0.25, 0.3) is 56.9 Å². The Morgan fingerprint density at radius 2 is 0.642 bits per heavy atom. The summed E-state index contributed by atoms with van der Waals surface area (Å²) in [6.45, 7) is 3.57. The smallest absolute Gasteiger partial charge is 0.251 e. The van der Waals surface area contributed by atoms with Gasteiger partial charge in [0, 0.05) is 49.9 Å². The molecule has 0 spiro atoms. The first kappa shape index (κ1) is 72.0. The third-order valence-electron chi connectivity index (χ3n) is 18.0. The molecule has 8 bridgehead atoms. The lowest BCUT2D eigenvalue weighted by Crippen LogP contribution is -2.27. The summed E-state index contributed by atoms with van der Waals surface area (Å²) in [5.74, 6) is 3.67. The first-order chi connectivity index (χ1) is 52.0. The van der Waals surface area contributed by atoms with E-state index in [2.05, 4.69) is 83.4 Å². The summed E-state index contributed by atoms with van der Waals surface area (Å²) in [6, 6.07) is 65.8. The van der Waals surface area contributed by atoms with Gasteiger partial charge in [0.2, 0.25) is 0 Å². The first-order valence-corrected chi connectivity index (χ1v) is 35.3. The van der Waals surface area contributed by atoms with Crippen LogP contribution in [-0.2, 0) is 35.2 Å². The summed E-state index contributed by atoms with van der Waals surface area (Å²) in [6.07, 6.45) is 3.20. The second-order valence-electron chi connectivity index (χ2n) is 25.2. The number of para-hydroxylation sites is 8. The quantitative estimate of drug-likeness (QED) is 0.0194. The van der Waals surface area contributed by atoms with Gasteiger partial charge in [0.25, 0.3) is 11.8 Å². The highest BCUT2D eigenvalue weighted by Crippen LogP contribution is 2.41. The predicted octanol–water partition coefficient (Wildman–Crippen LogP) is 12.1. The van der Waals surface area contributed by atoms with Crippen molar-refractivity contribution in [2.75, 3.05) is 79.0 Å². The molecule has 0 fully saturated rings. The highest BCUT2D eigenvalue weighted by atomic mass is 16.5. The number of carbonyl (C=O) groups excluding carboxylic acids is 2. The molecule has 0 unspecified atom stereocenters. The van der Waals surface area contributed by atoms with E-state index >= 15 is 0 Å². The molecular weight excluding hydrogens is 1340 g/mol. The molecule has 0 aliphatic heterocycles. The van der Waals surface area contributed by atoms with Crippen molar-refractivity contribution in [1.29, 1.82) is 0 Å². The van der Waals surface area contributed by atoms with E-state index in [-0.39, 0.29) is 99.2 Å². The number of nitrogens with one attached hydrogen (secondary N) is 2. The maximum Gasteiger partial charge on any atom is 0.251 e. The van der Waals surface area contributed by atoms with Crippen LogP contribution in [-0.4, -0.2) is 141 Å². The molecule has 0 saturated heterocycles. The maximum atomic E-state index is 13.5. The van der Waals surface area contributed by atoms with E-state index in [1.165, 1.54) is 0 Å². The van der Waals surface area contributed by atoms with E-state index in [0.29, 0.717) is 121 Å². The van der Waals surface area contributed by atoms with Gasteiger partial charge in [0.05, 0.1) is 73.3 Å². The van der Waals surface area contributed by atoms with Gasteiger partial charge in [-0.1, -0.05) is 121 Å². The monoisotopic (exact) mass is 1420 g/mol. The summed E-state index contributed by atoms with van der Waals surface area (Å²) in [5, 5.41) is 58.3. The number of amides is 2. The lowest BCUT2D eigenvalue weighted by Gasteiger charge is -2.23. The van der Waals surface area contributed by atoms with Crippen molar-refractivity contribution in [2.24, 2.45) is 11.5 Å². The van der Waals surface area contributed by atoms with Gasteiger partial charge in [0.1, 0.15) is 59.2 Å². The molecule has 2 heterocycles. The number of benzene rings is 10. The van der Waals surface area contributed by atoms with Gasteiger partial charge in [-0.3, -0.25) is 9.59 Å². The van der Waals surface area contributed by atoms with E-state index in [1.807, 2.05) is 0 Å². The van der Waals surface area contributed by atoms with Crippen LogP contribution in [0.4, 0.5) is 0 Å². The summed E-state index contributed by atoms with van der Waals surface area (Å²) in [7, 11) is 0. The largest absolute Gasteiger partial charge is 0.507 e. The third-order valence-corrected chi connectivity index (χ3v) is 18.0. The molecule has 0 atom stereocenters. The van der Waals surface area contributed by atoms with Crippen molar-refractivity contribution in [3.8, 4) is 103 Å². The Kier molecular flexibility index (Phi) is 23.6. The second-order valence-corrected chi connectivity index (χ2v) is 25.2. The Morgan fingerprint density at radius 1 is 0.349 bits per heavy atom. The maximum absolute atomic E-state index is 13.5. The van der Waals surface area contributed by atoms with E-state index in [0.717, 1.165) is 67.5 Å². The second kappa shape index (κ2) is 34.8. The van der Waals surface area contributed by atoms with Crippen LogP contribution in [0.3, 0.4) is 0 Å². The zero-order valence-corrected chi connectivity index (χ0v) is 58.4. The van der Waals surface area contributed by atoms with Crippen LogP contribution < -0.4 is 41.0 Å². The Balaban J connectivity index is 0.666. The minimum Gasteiger partial charge on any atom is -0.507 e. The van der Waals surface area contributed by atoms with Crippen LogP contribution in [0.5, 0.6) is 46.0 Å². The summed E-state index contributed by atoms with van der Waals surface area (Å²) >= 11 is 0. The Morgan fingerprint density at radius 3 is 0.943 bits per heavy atom. The van der Waals surface area contributed by atoms with E-state index in [9.17, 15) is 30.0 Å². The average molecular weight is 1420 g/mol. The summed E-state index contributed by atoms with van der Waals surface area (Å²) in [5.41, 5.74) is 23.5. The van der Waals surface area contributed by atoms with Crippen LogP contribution in [0.2, 0.25) is 0 Å². The van der Waals surface area contributed by atoms with Crippen molar-refractivity contribution in [3.05, 3.63) is 274 Å². The van der Waals surface area contributed by atoms with Crippen molar-refractivity contribution in [3.63, 3.8) is 0 Å². The lowest BCUT2D eigenvalue weighted by atomic mass is 9.91. The van der Waals surface area contributed by atoms with E-state index < -0.39 is 0 Å². The van der Waals surface area contributed by atoms with Crippen molar-refractivity contribution >= 4 is 11.8 Å². The average Bonchev–Trinajstić information content (AvgIpc) is 1.56. The van der Waals surface area contributed by atoms with Crippen molar-refractivity contribution in [2.45, 2.75) is 38.5 Å². The molecule has 10 N–H and O–H groups in total. The molecule has 2 aromatic heterocycles. The Labute approximate surface area is 613 Å². The van der Waals surface area contributed by atoms with Gasteiger partial charge in [-0.15, -0.1) is 10.2 Å². The standard InChI is InChI=1S/C84H82N10O12/c85-39-13-43-103-75-57-15-9-17-59(75)53-63-21-12-22-64(78(63)106-50-48-102-46-42-88-84(100)56-33-37-66(38-34-56)94-82(70-26-4-8-30-74(70)98)90-80(92-94)68-24-2-6-28-72(68)96)54-60-18-10-16-58(76(60)104-44-14-40-86)52-62-20-11-19-61(51-57)77(62)105-49-47-101-45-41-87-83(99)55-31-35-65(36-32-55)93-81(69-25-3-7-29-73(69)97)89-79(91-93)67-23-1-5-27-71(67)95/h1-12,15-38,95-98H,13-14,39-54,85-86H2,(H,87,99)(H,88,100). The van der Waals surface area contributed by atoms with Crippen LogP contribution >= 0.6 is 0 Å². The normalized spacial score (nSPS) is 11.8. The van der Waals surface area contributed by atoms with Gasteiger partial charge in [-0.2, -0.15) is 0 Å². The molecule has 1 aliphatic rings. The number of nitrogens with two attached hydrogens (primary N) is 2. The molecule has 2 amide bonds. The molecule has 12 aromatic rings. The van der Waals surface area contributed by atoms with Crippen LogP contribution in [0, 0.1) is 0 Å². The highest BCUT2D eigenvalue weighted by molar-refractivity contribution is 5.95. The third kappa shape index (κ3) is 17.1. The zero-order valence-electron chi connectivity index (χ0n) is 58.4. The Bertz CT molecular complexity index is 4630. The minimum atomic E-state index is -0.295. The molecule has 1 aliphatic carbocycles. The molecule has 0 saturated carbocycles. The molecule has 0 radical (unpaired) electrons. The minimum absolute atomic E-state index is 0.0125. The number of hydrogen-bond donors (Lipinski definition) is 8. The van der Waals surface area contributed by atoms with Crippen LogP contribution in [0.1, 0.15) is 78.1 Å². The molecule has 106 heavy (non-hydrogen) atoms. The fraction of sp³-hybridized carbons (Fsp3) is 0.214. The predicted molar refractivity (Wildman–Crippen MR) is 404 cm³/mol. The molecule has 22 heteroatoms. The van der Waals surface area contributed by atoms with E-state index in [4.69, 9.17) is 60.1 Å². The van der Waals surface area contributed by atoms with E-state index in [1.54, 1.807) is 155 Å². The summed E-state index contributed by atoms with van der Waals surface area (Å²) < 4.78 is 42.5. The number of rotatable bonds is 30. The number of carbonyl (C=O) groups is 2. The lowest BCUT2D eigenvalue weighted by molar-refractivity contribution is 0.0860. The highest BCUT2D eigenvalue weighted by Gasteiger charge is 2.25. The SMILES string of the molecule is NCCCOc1c2cccc1Cc1cccc(c1OCCOCCNC(=O)c1ccc(-n3nc(-c4ccccc4O)nc3-c3ccccc3O)cc1)Cc1cccc(c1OCCCN)Cc1cccc(c1OCCOCCNC(=O)c1ccc(-n3nc(-c4ccccc4O)nc3-c3ccccc3O)cc1)C2. The van der Waals surface area contributed by atoms with Crippen molar-refractivity contribution < 1.29 is 58.4 Å². The number of hydrogen-bond acceptors (Lipinski definition) is 18. The van der Waals surface area contributed by atoms with Crippen LogP contribution in [0.15, 0.2) is 218 Å². The fourth-order valence-electron chi connectivity index (χ4n) is 12.8. The molecular formula is C84H82N10O12. The van der Waals surface area contributed by atoms with Gasteiger partial charge in [-0.25, -0.2) is 19.3 Å². The zero-order chi connectivity index (χ0) is 73.1. The van der Waals surface area contributed by atoms with Gasteiger partial charge < -0.3 is 70.9 Å². The number of aromatic hydroxyl groups is 4. The first-order valence-electron chi connectivity index (χ1n) is 35.3. The molecule has 22 nitrogen and oxygen atoms in total. The molecule has 13 rings (SSSR count). The van der Waals surface area contributed by atoms with Gasteiger partial charge in [-0.05, 0) is 168 Å². The number of ether oxygens (including phenoxy) is 6. The number of phenols is 4. The summed E-state index contributed by atoms with van der Waals surface area (Å²) in [4.78, 5) is 36.5. The topological polar surface area (TPSA) is 308 Å². The number of fused-ring (bicyclic) bond motifs is 8.